The van der Waals surface area contributed by atoms with Gasteiger partial charge in [0.15, 0.2) is 0 Å². The van der Waals surface area contributed by atoms with Gasteiger partial charge in [0, 0.05) is 13.0 Å². The highest BCUT2D eigenvalue weighted by molar-refractivity contribution is 5.86. The van der Waals surface area contributed by atoms with Crippen LogP contribution in [0.1, 0.15) is 11.1 Å². The minimum absolute atomic E-state index is 0.152. The zero-order chi connectivity index (χ0) is 17.9. The van der Waals surface area contributed by atoms with Crippen LogP contribution in [0.5, 0.6) is 0 Å². The summed E-state index contributed by atoms with van der Waals surface area (Å²) in [7, 11) is 0. The van der Waals surface area contributed by atoms with Crippen molar-refractivity contribution < 1.29 is 14.3 Å². The smallest absolute Gasteiger partial charge is 0.408 e. The van der Waals surface area contributed by atoms with Crippen molar-refractivity contribution in [1.82, 2.24) is 10.6 Å². The van der Waals surface area contributed by atoms with Crippen LogP contribution in [-0.4, -0.2) is 24.6 Å². The van der Waals surface area contributed by atoms with E-state index in [1.807, 2.05) is 60.7 Å². The van der Waals surface area contributed by atoms with Crippen LogP contribution in [0.15, 0.2) is 73.3 Å². The lowest BCUT2D eigenvalue weighted by Gasteiger charge is -2.18. The summed E-state index contributed by atoms with van der Waals surface area (Å²) < 4.78 is 5.20. The molecule has 5 heteroatoms. The van der Waals surface area contributed by atoms with Crippen LogP contribution in [-0.2, 0) is 22.6 Å². The first-order chi connectivity index (χ1) is 12.2. The maximum atomic E-state index is 12.3. The SMILES string of the molecule is C=CCNC(=O)C(Cc1ccccc1)NC(=O)OCc1ccccc1. The lowest BCUT2D eigenvalue weighted by atomic mass is 10.1. The maximum absolute atomic E-state index is 12.3. The van der Waals surface area contributed by atoms with Gasteiger partial charge in [-0.1, -0.05) is 66.7 Å². The van der Waals surface area contributed by atoms with Gasteiger partial charge in [0.2, 0.25) is 5.91 Å². The molecule has 0 aromatic heterocycles. The number of hydrogen-bond acceptors (Lipinski definition) is 3. The molecule has 1 atom stereocenters. The summed E-state index contributed by atoms with van der Waals surface area (Å²) in [5.41, 5.74) is 1.83. The Kier molecular flexibility index (Phi) is 7.25. The molecule has 0 saturated carbocycles. The predicted octanol–water partition coefficient (Wildman–Crippen LogP) is 2.83. The number of rotatable bonds is 8. The Morgan fingerprint density at radius 2 is 1.60 bits per heavy atom. The van der Waals surface area contributed by atoms with Gasteiger partial charge in [-0.15, -0.1) is 6.58 Å². The number of carbonyl (C=O) groups is 2. The Morgan fingerprint density at radius 1 is 1.00 bits per heavy atom. The Morgan fingerprint density at radius 3 is 2.20 bits per heavy atom. The van der Waals surface area contributed by atoms with Crippen molar-refractivity contribution in [2.45, 2.75) is 19.1 Å². The minimum Gasteiger partial charge on any atom is -0.445 e. The third kappa shape index (κ3) is 6.51. The third-order valence-electron chi connectivity index (χ3n) is 3.52. The lowest BCUT2D eigenvalue weighted by Crippen LogP contribution is -2.48. The van der Waals surface area contributed by atoms with Crippen LogP contribution in [0.3, 0.4) is 0 Å². The van der Waals surface area contributed by atoms with Crippen molar-refractivity contribution in [2.75, 3.05) is 6.54 Å². The summed E-state index contributed by atoms with van der Waals surface area (Å²) >= 11 is 0. The second-order valence-electron chi connectivity index (χ2n) is 5.48. The van der Waals surface area contributed by atoms with Gasteiger partial charge in [0.05, 0.1) is 0 Å². The highest BCUT2D eigenvalue weighted by atomic mass is 16.5. The molecule has 2 N–H and O–H groups in total. The number of alkyl carbamates (subject to hydrolysis) is 1. The van der Waals surface area contributed by atoms with Crippen LogP contribution in [0.2, 0.25) is 0 Å². The molecule has 0 aliphatic rings. The molecular weight excluding hydrogens is 316 g/mol. The van der Waals surface area contributed by atoms with E-state index in [1.54, 1.807) is 6.08 Å². The van der Waals surface area contributed by atoms with Crippen LogP contribution >= 0.6 is 0 Å². The van der Waals surface area contributed by atoms with Crippen molar-refractivity contribution in [3.8, 4) is 0 Å². The molecule has 1 unspecified atom stereocenters. The minimum atomic E-state index is -0.717. The van der Waals surface area contributed by atoms with Crippen molar-refractivity contribution in [2.24, 2.45) is 0 Å². The fourth-order valence-electron chi connectivity index (χ4n) is 2.26. The third-order valence-corrected chi connectivity index (χ3v) is 3.52. The van der Waals surface area contributed by atoms with Crippen LogP contribution < -0.4 is 10.6 Å². The summed E-state index contributed by atoms with van der Waals surface area (Å²) in [6.07, 6.45) is 1.34. The molecule has 25 heavy (non-hydrogen) atoms. The van der Waals surface area contributed by atoms with Crippen molar-refractivity contribution in [3.05, 3.63) is 84.4 Å². The molecule has 0 saturated heterocycles. The molecule has 0 fully saturated rings. The van der Waals surface area contributed by atoms with E-state index < -0.39 is 12.1 Å². The normalized spacial score (nSPS) is 11.2. The number of benzene rings is 2. The number of ether oxygens (including phenoxy) is 1. The molecule has 130 valence electrons. The fourth-order valence-corrected chi connectivity index (χ4v) is 2.26. The molecule has 2 aromatic carbocycles. The molecule has 2 amide bonds. The van der Waals surface area contributed by atoms with Crippen molar-refractivity contribution in [3.63, 3.8) is 0 Å². The van der Waals surface area contributed by atoms with Crippen molar-refractivity contribution in [1.29, 1.82) is 0 Å². The standard InChI is InChI=1S/C20H22N2O3/c1-2-13-21-19(23)18(14-16-9-5-3-6-10-16)22-20(24)25-15-17-11-7-4-8-12-17/h2-12,18H,1,13-15H2,(H,21,23)(H,22,24). The van der Waals surface area contributed by atoms with Crippen LogP contribution in [0.4, 0.5) is 4.79 Å². The number of nitrogens with one attached hydrogen (secondary N) is 2. The van der Waals surface area contributed by atoms with Gasteiger partial charge in [-0.25, -0.2) is 4.79 Å². The van der Waals surface area contributed by atoms with E-state index in [-0.39, 0.29) is 12.5 Å². The van der Waals surface area contributed by atoms with Gasteiger partial charge < -0.3 is 15.4 Å². The van der Waals surface area contributed by atoms with Gasteiger partial charge in [0.25, 0.3) is 0 Å². The van der Waals surface area contributed by atoms with Crippen LogP contribution in [0.25, 0.3) is 0 Å². The molecule has 0 heterocycles. The summed E-state index contributed by atoms with van der Waals surface area (Å²) in [5.74, 6) is -0.277. The highest BCUT2D eigenvalue weighted by Crippen LogP contribution is 2.05. The predicted molar refractivity (Wildman–Crippen MR) is 96.9 cm³/mol. The summed E-state index contributed by atoms with van der Waals surface area (Å²) in [4.78, 5) is 24.3. The first kappa shape index (κ1) is 18.3. The first-order valence-electron chi connectivity index (χ1n) is 8.09. The largest absolute Gasteiger partial charge is 0.445 e. The molecule has 2 rings (SSSR count). The average Bonchev–Trinajstić information content (AvgIpc) is 2.65. The van der Waals surface area contributed by atoms with Gasteiger partial charge >= 0.3 is 6.09 Å². The Balaban J connectivity index is 1.95. The van der Waals surface area contributed by atoms with E-state index in [0.717, 1.165) is 11.1 Å². The van der Waals surface area contributed by atoms with E-state index in [4.69, 9.17) is 4.74 Å². The number of carbonyl (C=O) groups excluding carboxylic acids is 2. The Labute approximate surface area is 147 Å². The maximum Gasteiger partial charge on any atom is 0.408 e. The average molecular weight is 338 g/mol. The zero-order valence-electron chi connectivity index (χ0n) is 14.0. The molecule has 0 spiro atoms. The van der Waals surface area contributed by atoms with E-state index in [9.17, 15) is 9.59 Å². The lowest BCUT2D eigenvalue weighted by molar-refractivity contribution is -0.122. The van der Waals surface area contributed by atoms with E-state index in [0.29, 0.717) is 13.0 Å². The van der Waals surface area contributed by atoms with Gasteiger partial charge in [0.1, 0.15) is 12.6 Å². The molecule has 5 nitrogen and oxygen atoms in total. The summed E-state index contributed by atoms with van der Waals surface area (Å²) in [6.45, 7) is 4.06. The summed E-state index contributed by atoms with van der Waals surface area (Å²) in [5, 5.41) is 5.34. The molecular formula is C20H22N2O3. The highest BCUT2D eigenvalue weighted by Gasteiger charge is 2.21. The Hall–Kier alpha value is -3.08. The molecule has 0 aliphatic carbocycles. The molecule has 0 radical (unpaired) electrons. The van der Waals surface area contributed by atoms with E-state index in [1.165, 1.54) is 0 Å². The molecule has 2 aromatic rings. The van der Waals surface area contributed by atoms with Gasteiger partial charge in [-0.05, 0) is 11.1 Å². The monoisotopic (exact) mass is 338 g/mol. The number of hydrogen-bond donors (Lipinski definition) is 2. The Bertz CT molecular complexity index is 687. The van der Waals surface area contributed by atoms with E-state index >= 15 is 0 Å². The van der Waals surface area contributed by atoms with Crippen molar-refractivity contribution >= 4 is 12.0 Å². The topological polar surface area (TPSA) is 67.4 Å². The molecule has 0 aliphatic heterocycles. The summed E-state index contributed by atoms with van der Waals surface area (Å²) in [6, 6.07) is 18.2. The zero-order valence-corrected chi connectivity index (χ0v) is 14.0. The molecule has 0 bridgehead atoms. The van der Waals surface area contributed by atoms with Gasteiger partial charge in [-0.3, -0.25) is 4.79 Å². The first-order valence-corrected chi connectivity index (χ1v) is 8.09. The number of amides is 2. The second kappa shape index (κ2) is 9.93. The quantitative estimate of drug-likeness (QED) is 0.727. The van der Waals surface area contributed by atoms with Crippen LogP contribution in [0, 0.1) is 0 Å². The van der Waals surface area contributed by atoms with Gasteiger partial charge in [-0.2, -0.15) is 0 Å². The second-order valence-corrected chi connectivity index (χ2v) is 5.48. The fraction of sp³-hybridized carbons (Fsp3) is 0.200. The van der Waals surface area contributed by atoms with E-state index in [2.05, 4.69) is 17.2 Å².